The van der Waals surface area contributed by atoms with Crippen molar-refractivity contribution in [3.63, 3.8) is 0 Å². The van der Waals surface area contributed by atoms with Crippen molar-refractivity contribution >= 4 is 50.8 Å². The maximum absolute atomic E-state index is 2.40. The largest absolute Gasteiger partial charge is 0.310 e. The van der Waals surface area contributed by atoms with Crippen molar-refractivity contribution in [3.8, 4) is 33.4 Å². The van der Waals surface area contributed by atoms with Crippen LogP contribution in [0.4, 0.5) is 17.1 Å². The van der Waals surface area contributed by atoms with Crippen LogP contribution >= 0.6 is 0 Å². The lowest BCUT2D eigenvalue weighted by Crippen LogP contribution is -2.16. The molecule has 0 heterocycles. The fourth-order valence-corrected chi connectivity index (χ4v) is 8.90. The van der Waals surface area contributed by atoms with Crippen LogP contribution in [0.5, 0.6) is 0 Å². The summed E-state index contributed by atoms with van der Waals surface area (Å²) in [5.41, 5.74) is 16.1. The Labute approximate surface area is 329 Å². The Hall–Kier alpha value is -6.96. The highest BCUT2D eigenvalue weighted by Gasteiger charge is 2.36. The first-order valence-electron chi connectivity index (χ1n) is 19.5. The molecular formula is C55H41N. The minimum Gasteiger partial charge on any atom is -0.310 e. The first kappa shape index (κ1) is 33.6. The molecule has 9 aromatic rings. The quantitative estimate of drug-likeness (QED) is 0.117. The number of nitrogens with zero attached hydrogens (tertiary/aromatic N) is 1. The average molecular weight is 716 g/mol. The summed E-state index contributed by atoms with van der Waals surface area (Å²) in [6.07, 6.45) is 4.55. The molecule has 0 fully saturated rings. The van der Waals surface area contributed by atoms with Gasteiger partial charge in [0, 0.05) is 22.5 Å². The summed E-state index contributed by atoms with van der Waals surface area (Å²) in [7, 11) is 0. The van der Waals surface area contributed by atoms with Crippen LogP contribution in [0.15, 0.2) is 200 Å². The number of hydrogen-bond acceptors (Lipinski definition) is 1. The van der Waals surface area contributed by atoms with E-state index in [0.29, 0.717) is 0 Å². The van der Waals surface area contributed by atoms with Gasteiger partial charge in [0.25, 0.3) is 0 Å². The van der Waals surface area contributed by atoms with E-state index in [0.717, 1.165) is 17.1 Å². The maximum Gasteiger partial charge on any atom is 0.0465 e. The lowest BCUT2D eigenvalue weighted by Gasteiger charge is -2.28. The fraction of sp³-hybridized carbons (Fsp3) is 0.0545. The number of fused-ring (bicyclic) bond motifs is 6. The summed E-state index contributed by atoms with van der Waals surface area (Å²) >= 11 is 0. The Kier molecular flexibility index (Phi) is 8.23. The summed E-state index contributed by atoms with van der Waals surface area (Å²) < 4.78 is 0. The standard InChI is InChI=1S/C55H41N/c1-55(2)51-36-39(29-32-46(51)47-34-31-44(37-52(47)55)56(42-21-11-5-12-22-42)43-23-13-6-14-24-43)28-27-38-30-33-49-50(35-38)45-25-15-16-26-48(45)53(40-17-7-3-8-18-40)54(49)41-19-9-4-10-20-41/h3-37H,1-2H3. The maximum atomic E-state index is 2.40. The highest BCUT2D eigenvalue weighted by atomic mass is 15.1. The van der Waals surface area contributed by atoms with Gasteiger partial charge < -0.3 is 4.90 Å². The zero-order valence-electron chi connectivity index (χ0n) is 31.7. The predicted octanol–water partition coefficient (Wildman–Crippen LogP) is 15.3. The van der Waals surface area contributed by atoms with Crippen molar-refractivity contribution < 1.29 is 0 Å². The summed E-state index contributed by atoms with van der Waals surface area (Å²) in [5.74, 6) is 0. The molecule has 0 aromatic heterocycles. The van der Waals surface area contributed by atoms with E-state index in [1.54, 1.807) is 0 Å². The number of rotatable bonds is 7. The van der Waals surface area contributed by atoms with E-state index >= 15 is 0 Å². The lowest BCUT2D eigenvalue weighted by molar-refractivity contribution is 0.660. The highest BCUT2D eigenvalue weighted by molar-refractivity contribution is 6.22. The molecule has 0 amide bonds. The first-order valence-corrected chi connectivity index (χ1v) is 19.5. The van der Waals surface area contributed by atoms with Gasteiger partial charge in [-0.2, -0.15) is 0 Å². The summed E-state index contributed by atoms with van der Waals surface area (Å²) in [4.78, 5) is 2.35. The number of benzene rings is 9. The molecule has 1 heteroatoms. The molecule has 0 bridgehead atoms. The van der Waals surface area contributed by atoms with Crippen LogP contribution < -0.4 is 4.90 Å². The van der Waals surface area contributed by atoms with Gasteiger partial charge in [0.15, 0.2) is 0 Å². The van der Waals surface area contributed by atoms with Crippen LogP contribution in [-0.2, 0) is 5.41 Å². The van der Waals surface area contributed by atoms with Crippen LogP contribution in [0, 0.1) is 0 Å². The van der Waals surface area contributed by atoms with E-state index in [1.165, 1.54) is 77.2 Å². The van der Waals surface area contributed by atoms with E-state index in [4.69, 9.17) is 0 Å². The molecule has 0 spiro atoms. The van der Waals surface area contributed by atoms with Crippen molar-refractivity contribution in [2.75, 3.05) is 4.90 Å². The van der Waals surface area contributed by atoms with Crippen LogP contribution in [0.1, 0.15) is 36.1 Å². The molecule has 10 rings (SSSR count). The van der Waals surface area contributed by atoms with E-state index in [-0.39, 0.29) is 5.41 Å². The van der Waals surface area contributed by atoms with Gasteiger partial charge in [-0.3, -0.25) is 0 Å². The SMILES string of the molecule is CC1(C)c2cc(C=Cc3ccc4c(-c5ccccc5)c(-c5ccccc5)c5ccccc5c4c3)ccc2-c2ccc(N(c3ccccc3)c3ccccc3)cc21. The van der Waals surface area contributed by atoms with Crippen LogP contribution in [0.2, 0.25) is 0 Å². The third-order valence-corrected chi connectivity index (χ3v) is 11.6. The summed E-state index contributed by atoms with van der Waals surface area (Å²) in [5, 5.41) is 5.07. The molecule has 0 saturated heterocycles. The van der Waals surface area contributed by atoms with E-state index < -0.39 is 0 Å². The Morgan fingerprint density at radius 1 is 0.357 bits per heavy atom. The second kappa shape index (κ2) is 13.7. The topological polar surface area (TPSA) is 3.24 Å². The second-order valence-corrected chi connectivity index (χ2v) is 15.3. The molecule has 0 aliphatic heterocycles. The van der Waals surface area contributed by atoms with Gasteiger partial charge >= 0.3 is 0 Å². The molecule has 0 unspecified atom stereocenters. The van der Waals surface area contributed by atoms with Crippen LogP contribution in [0.3, 0.4) is 0 Å². The zero-order chi connectivity index (χ0) is 37.6. The smallest absolute Gasteiger partial charge is 0.0465 e. The van der Waals surface area contributed by atoms with Crippen molar-refractivity contribution in [1.29, 1.82) is 0 Å². The predicted molar refractivity (Wildman–Crippen MR) is 240 cm³/mol. The highest BCUT2D eigenvalue weighted by Crippen LogP contribution is 2.51. The number of anilines is 3. The van der Waals surface area contributed by atoms with Gasteiger partial charge in [0.1, 0.15) is 0 Å². The fourth-order valence-electron chi connectivity index (χ4n) is 8.90. The molecule has 56 heavy (non-hydrogen) atoms. The molecule has 9 aromatic carbocycles. The minimum absolute atomic E-state index is 0.157. The van der Waals surface area contributed by atoms with Gasteiger partial charge in [-0.15, -0.1) is 0 Å². The van der Waals surface area contributed by atoms with E-state index in [2.05, 4.69) is 231 Å². The van der Waals surface area contributed by atoms with Gasteiger partial charge in [-0.1, -0.05) is 184 Å². The third kappa shape index (κ3) is 5.72. The molecule has 1 nitrogen and oxygen atoms in total. The lowest BCUT2D eigenvalue weighted by atomic mass is 9.81. The molecule has 1 aliphatic carbocycles. The average Bonchev–Trinajstić information content (AvgIpc) is 3.48. The molecule has 0 saturated carbocycles. The van der Waals surface area contributed by atoms with Crippen LogP contribution in [0.25, 0.3) is 67.1 Å². The van der Waals surface area contributed by atoms with Crippen molar-refractivity contribution in [3.05, 3.63) is 222 Å². The Balaban J connectivity index is 1.03. The van der Waals surface area contributed by atoms with E-state index in [1.807, 2.05) is 0 Å². The van der Waals surface area contributed by atoms with Crippen LogP contribution in [-0.4, -0.2) is 0 Å². The zero-order valence-corrected chi connectivity index (χ0v) is 31.7. The molecule has 1 aliphatic rings. The van der Waals surface area contributed by atoms with Gasteiger partial charge in [0.2, 0.25) is 0 Å². The first-order chi connectivity index (χ1) is 27.5. The monoisotopic (exact) mass is 715 g/mol. The van der Waals surface area contributed by atoms with Gasteiger partial charge in [-0.25, -0.2) is 0 Å². The molecule has 0 radical (unpaired) electrons. The molecule has 266 valence electrons. The van der Waals surface area contributed by atoms with Crippen molar-refractivity contribution in [2.45, 2.75) is 19.3 Å². The second-order valence-electron chi connectivity index (χ2n) is 15.3. The third-order valence-electron chi connectivity index (χ3n) is 11.6. The molecule has 0 atom stereocenters. The summed E-state index contributed by atoms with van der Waals surface area (Å²) in [6, 6.07) is 72.8. The normalized spacial score (nSPS) is 12.9. The Morgan fingerprint density at radius 3 is 1.39 bits per heavy atom. The molecule has 0 N–H and O–H groups in total. The van der Waals surface area contributed by atoms with Gasteiger partial charge in [0.05, 0.1) is 0 Å². The molecular weight excluding hydrogens is 675 g/mol. The summed E-state index contributed by atoms with van der Waals surface area (Å²) in [6.45, 7) is 4.74. The number of hydrogen-bond donors (Lipinski definition) is 0. The Morgan fingerprint density at radius 2 is 0.804 bits per heavy atom. The minimum atomic E-state index is -0.157. The van der Waals surface area contributed by atoms with Gasteiger partial charge in [-0.05, 0) is 120 Å². The number of para-hydroxylation sites is 2. The van der Waals surface area contributed by atoms with Crippen molar-refractivity contribution in [2.24, 2.45) is 0 Å². The van der Waals surface area contributed by atoms with Crippen molar-refractivity contribution in [1.82, 2.24) is 0 Å². The van der Waals surface area contributed by atoms with E-state index in [9.17, 15) is 0 Å². The Bertz CT molecular complexity index is 2870.